The van der Waals surface area contributed by atoms with Gasteiger partial charge < -0.3 is 9.13 Å². The van der Waals surface area contributed by atoms with E-state index in [0.717, 1.165) is 0 Å². The summed E-state index contributed by atoms with van der Waals surface area (Å²) >= 11 is 0. The number of aromatic nitrogens is 2. The fraction of sp³-hybridized carbons (Fsp3) is 0.200. The molecule has 0 fully saturated rings. The highest BCUT2D eigenvalue weighted by Gasteiger charge is 1.94. The van der Waals surface area contributed by atoms with E-state index >= 15 is 0 Å². The summed E-state index contributed by atoms with van der Waals surface area (Å²) in [5.74, 6) is 0. The lowest BCUT2D eigenvalue weighted by molar-refractivity contribution is 0.960. The Bertz CT molecular complexity index is 412. The second-order valence-electron chi connectivity index (χ2n) is 3.15. The summed E-state index contributed by atoms with van der Waals surface area (Å²) in [5, 5.41) is 0. The van der Waals surface area contributed by atoms with Gasteiger partial charge in [-0.1, -0.05) is 0 Å². The number of aryl methyl sites for hydroxylation is 2. The standard InChI is InChI=1S/C10H12N2P2/c1-11-7-3-5-9(11)13-14-10-6-4-8-12(10)2/h3-8H,1-2H3. The summed E-state index contributed by atoms with van der Waals surface area (Å²) in [6, 6.07) is 8.50. The molecule has 0 unspecified atom stereocenters. The number of nitrogens with zero attached hydrogens (tertiary/aromatic N) is 2. The summed E-state index contributed by atoms with van der Waals surface area (Å²) in [6.07, 6.45) is 4.17. The molecule has 2 aromatic heterocycles. The molecule has 0 saturated heterocycles. The van der Waals surface area contributed by atoms with Gasteiger partial charge in [-0.25, -0.2) is 0 Å². The van der Waals surface area contributed by atoms with Crippen LogP contribution in [-0.2, 0) is 14.1 Å². The van der Waals surface area contributed by atoms with Crippen LogP contribution in [-0.4, -0.2) is 9.13 Å². The van der Waals surface area contributed by atoms with Crippen LogP contribution in [0.4, 0.5) is 0 Å². The van der Waals surface area contributed by atoms with E-state index in [1.807, 2.05) is 0 Å². The van der Waals surface area contributed by atoms with Gasteiger partial charge in [0, 0.05) is 26.5 Å². The van der Waals surface area contributed by atoms with Crippen molar-refractivity contribution in [2.45, 2.75) is 0 Å². The van der Waals surface area contributed by atoms with Crippen molar-refractivity contribution in [3.8, 4) is 0 Å². The first-order chi connectivity index (χ1) is 6.77. The van der Waals surface area contributed by atoms with E-state index in [1.165, 1.54) is 26.6 Å². The normalized spacial score (nSPS) is 11.3. The van der Waals surface area contributed by atoms with Crippen molar-refractivity contribution in [1.29, 1.82) is 0 Å². The van der Waals surface area contributed by atoms with Crippen molar-refractivity contribution in [3.63, 3.8) is 0 Å². The minimum Gasteiger partial charge on any atom is -0.347 e. The Labute approximate surface area is 87.0 Å². The first-order valence-corrected chi connectivity index (χ1v) is 6.91. The van der Waals surface area contributed by atoms with Crippen molar-refractivity contribution < 1.29 is 0 Å². The zero-order chi connectivity index (χ0) is 9.97. The summed E-state index contributed by atoms with van der Waals surface area (Å²) in [7, 11) is 6.85. The Hall–Kier alpha value is -0.840. The highest BCUT2D eigenvalue weighted by molar-refractivity contribution is 7.91. The predicted octanol–water partition coefficient (Wildman–Crippen LogP) is 2.12. The van der Waals surface area contributed by atoms with Crippen LogP contribution in [0.5, 0.6) is 0 Å². The lowest BCUT2D eigenvalue weighted by Crippen LogP contribution is -2.05. The van der Waals surface area contributed by atoms with E-state index < -0.39 is 0 Å². The van der Waals surface area contributed by atoms with Gasteiger partial charge >= 0.3 is 0 Å². The Morgan fingerprint density at radius 3 is 1.57 bits per heavy atom. The predicted molar refractivity (Wildman–Crippen MR) is 63.9 cm³/mol. The number of hydrogen-bond donors (Lipinski definition) is 0. The molecule has 2 nitrogen and oxygen atoms in total. The van der Waals surface area contributed by atoms with Gasteiger partial charge in [0.1, 0.15) is 0 Å². The molecule has 0 atom stereocenters. The molecule has 4 heteroatoms. The molecule has 0 aliphatic rings. The molecule has 0 saturated carbocycles. The monoisotopic (exact) mass is 222 g/mol. The maximum absolute atomic E-state index is 2.16. The maximum Gasteiger partial charge on any atom is 0.0728 e. The van der Waals surface area contributed by atoms with Crippen LogP contribution in [0.25, 0.3) is 0 Å². The second kappa shape index (κ2) is 4.13. The first-order valence-electron chi connectivity index (χ1n) is 4.42. The van der Waals surface area contributed by atoms with E-state index in [0.29, 0.717) is 0 Å². The molecule has 0 aliphatic carbocycles. The summed E-state index contributed by atoms with van der Waals surface area (Å²) in [5.41, 5.74) is 2.71. The zero-order valence-electron chi connectivity index (χ0n) is 8.25. The van der Waals surface area contributed by atoms with E-state index in [-0.39, 0.29) is 0 Å². The smallest absolute Gasteiger partial charge is 0.0728 e. The van der Waals surface area contributed by atoms with Crippen LogP contribution in [0, 0.1) is 0 Å². The highest BCUT2D eigenvalue weighted by Crippen LogP contribution is 2.15. The van der Waals surface area contributed by atoms with Gasteiger partial charge in [0.2, 0.25) is 0 Å². The maximum atomic E-state index is 2.16. The lowest BCUT2D eigenvalue weighted by atomic mass is 10.7. The second-order valence-corrected chi connectivity index (χ2v) is 5.67. The van der Waals surface area contributed by atoms with E-state index in [2.05, 4.69) is 59.9 Å². The third-order valence-corrected chi connectivity index (χ3v) is 5.06. The Morgan fingerprint density at radius 2 is 1.29 bits per heavy atom. The third kappa shape index (κ3) is 1.97. The minimum absolute atomic E-state index is 1.34. The van der Waals surface area contributed by atoms with Crippen molar-refractivity contribution in [2.75, 3.05) is 0 Å². The van der Waals surface area contributed by atoms with E-state index in [4.69, 9.17) is 0 Å². The number of rotatable bonds is 2. The molecular formula is C10H12N2P2. The first kappa shape index (κ1) is 9.71. The van der Waals surface area contributed by atoms with Crippen LogP contribution in [0.3, 0.4) is 0 Å². The van der Waals surface area contributed by atoms with Gasteiger partial charge in [-0.2, -0.15) is 0 Å². The molecule has 2 rings (SSSR count). The SMILES string of the molecule is Cn1cccc1P=Pc1cccn1C. The average Bonchev–Trinajstić information content (AvgIpc) is 2.72. The van der Waals surface area contributed by atoms with Gasteiger partial charge in [0.15, 0.2) is 0 Å². The largest absolute Gasteiger partial charge is 0.347 e. The van der Waals surface area contributed by atoms with Crippen molar-refractivity contribution in [1.82, 2.24) is 9.13 Å². The minimum atomic E-state index is 1.34. The Morgan fingerprint density at radius 1 is 0.857 bits per heavy atom. The number of hydrogen-bond acceptors (Lipinski definition) is 0. The van der Waals surface area contributed by atoms with Crippen LogP contribution in [0.2, 0.25) is 0 Å². The molecule has 2 aromatic rings. The molecule has 0 radical (unpaired) electrons. The van der Waals surface area contributed by atoms with Gasteiger partial charge in [-0.05, 0) is 40.0 Å². The molecule has 2 heterocycles. The fourth-order valence-corrected chi connectivity index (χ4v) is 4.00. The van der Waals surface area contributed by atoms with E-state index in [1.54, 1.807) is 0 Å². The quantitative estimate of drug-likeness (QED) is 0.689. The summed E-state index contributed by atoms with van der Waals surface area (Å²) in [6.45, 7) is 0. The van der Waals surface area contributed by atoms with Gasteiger partial charge in [0.05, 0.1) is 10.9 Å². The molecule has 0 aliphatic heterocycles. The van der Waals surface area contributed by atoms with Gasteiger partial charge in [0.25, 0.3) is 0 Å². The van der Waals surface area contributed by atoms with Crippen molar-refractivity contribution in [2.24, 2.45) is 14.1 Å². The fourth-order valence-electron chi connectivity index (χ4n) is 1.21. The van der Waals surface area contributed by atoms with E-state index in [9.17, 15) is 0 Å². The molecule has 0 spiro atoms. The molecule has 0 amide bonds. The van der Waals surface area contributed by atoms with Crippen LogP contribution in [0.15, 0.2) is 36.7 Å². The van der Waals surface area contributed by atoms with Crippen LogP contribution >= 0.6 is 15.7 Å². The average molecular weight is 222 g/mol. The van der Waals surface area contributed by atoms with Crippen molar-refractivity contribution >= 4 is 26.6 Å². The Kier molecular flexibility index (Phi) is 2.86. The van der Waals surface area contributed by atoms with Crippen LogP contribution < -0.4 is 10.9 Å². The lowest BCUT2D eigenvalue weighted by Gasteiger charge is -1.96. The highest BCUT2D eigenvalue weighted by atomic mass is 31.7. The topological polar surface area (TPSA) is 9.86 Å². The van der Waals surface area contributed by atoms with Gasteiger partial charge in [-0.15, -0.1) is 0 Å². The molecule has 0 N–H and O–H groups in total. The summed E-state index contributed by atoms with van der Waals surface area (Å²) < 4.78 is 4.33. The van der Waals surface area contributed by atoms with Crippen LogP contribution in [0.1, 0.15) is 0 Å². The summed E-state index contributed by atoms with van der Waals surface area (Å²) in [4.78, 5) is 0. The molecule has 0 bridgehead atoms. The third-order valence-electron chi connectivity index (χ3n) is 2.09. The molecular weight excluding hydrogens is 210 g/mol. The van der Waals surface area contributed by atoms with Gasteiger partial charge in [-0.3, -0.25) is 0 Å². The van der Waals surface area contributed by atoms with Crippen molar-refractivity contribution in [3.05, 3.63) is 36.7 Å². The molecule has 0 aromatic carbocycles. The Balaban J connectivity index is 2.23. The zero-order valence-corrected chi connectivity index (χ0v) is 10.0. The molecule has 14 heavy (non-hydrogen) atoms. The molecule has 72 valence electrons.